The van der Waals surface area contributed by atoms with Gasteiger partial charge in [-0.2, -0.15) is 0 Å². The Bertz CT molecular complexity index is 342. The molecule has 1 aromatic carbocycles. The van der Waals surface area contributed by atoms with Gasteiger partial charge in [-0.05, 0) is 30.5 Å². The average molecular weight is 234 g/mol. The van der Waals surface area contributed by atoms with E-state index >= 15 is 0 Å². The van der Waals surface area contributed by atoms with E-state index in [0.29, 0.717) is 6.04 Å². The number of hydrogen-bond acceptors (Lipinski definition) is 2. The van der Waals surface area contributed by atoms with Crippen LogP contribution in [0.1, 0.15) is 39.2 Å². The molecule has 0 saturated heterocycles. The molecule has 0 radical (unpaired) electrons. The van der Waals surface area contributed by atoms with Crippen LogP contribution in [0.15, 0.2) is 24.3 Å². The summed E-state index contributed by atoms with van der Waals surface area (Å²) in [5, 5.41) is 6.27. The zero-order chi connectivity index (χ0) is 12.7. The van der Waals surface area contributed by atoms with Gasteiger partial charge in [0.25, 0.3) is 0 Å². The fourth-order valence-electron chi connectivity index (χ4n) is 1.75. The van der Waals surface area contributed by atoms with Gasteiger partial charge in [-0.15, -0.1) is 0 Å². The fourth-order valence-corrected chi connectivity index (χ4v) is 1.75. The van der Waals surface area contributed by atoms with E-state index in [2.05, 4.69) is 24.5 Å². The van der Waals surface area contributed by atoms with Crippen molar-refractivity contribution in [3.05, 3.63) is 29.8 Å². The van der Waals surface area contributed by atoms with E-state index in [1.165, 1.54) is 12.5 Å². The molecule has 94 valence electrons. The molecule has 0 fully saturated rings. The Labute approximate surface area is 104 Å². The van der Waals surface area contributed by atoms with Crippen LogP contribution < -0.4 is 10.6 Å². The number of benzene rings is 1. The molecule has 0 saturated carbocycles. The SMILES string of the molecule is CCC(CC)NCc1ccc(NC(C)=O)cc1. The molecule has 0 aromatic heterocycles. The molecule has 0 bridgehead atoms. The highest BCUT2D eigenvalue weighted by atomic mass is 16.1. The highest BCUT2D eigenvalue weighted by Crippen LogP contribution is 2.10. The van der Waals surface area contributed by atoms with Crippen LogP contribution in [-0.4, -0.2) is 11.9 Å². The first-order valence-corrected chi connectivity index (χ1v) is 6.25. The number of carbonyl (C=O) groups is 1. The number of rotatable bonds is 6. The molecule has 0 spiro atoms. The van der Waals surface area contributed by atoms with Gasteiger partial charge in [0.15, 0.2) is 0 Å². The lowest BCUT2D eigenvalue weighted by atomic mass is 10.1. The Morgan fingerprint density at radius 2 is 1.76 bits per heavy atom. The van der Waals surface area contributed by atoms with Crippen LogP contribution in [0.25, 0.3) is 0 Å². The third kappa shape index (κ3) is 5.00. The van der Waals surface area contributed by atoms with Crippen molar-refractivity contribution in [2.24, 2.45) is 0 Å². The Morgan fingerprint density at radius 3 is 2.24 bits per heavy atom. The Kier molecular flexibility index (Phi) is 5.70. The Hall–Kier alpha value is -1.35. The van der Waals surface area contributed by atoms with Crippen molar-refractivity contribution in [3.63, 3.8) is 0 Å². The fraction of sp³-hybridized carbons (Fsp3) is 0.500. The van der Waals surface area contributed by atoms with Crippen molar-refractivity contribution in [3.8, 4) is 0 Å². The Balaban J connectivity index is 2.47. The van der Waals surface area contributed by atoms with Crippen molar-refractivity contribution < 1.29 is 4.79 Å². The maximum absolute atomic E-state index is 10.9. The summed E-state index contributed by atoms with van der Waals surface area (Å²) < 4.78 is 0. The molecule has 0 aliphatic carbocycles. The van der Waals surface area contributed by atoms with Crippen molar-refractivity contribution in [2.75, 3.05) is 5.32 Å². The maximum atomic E-state index is 10.9. The second-order valence-corrected chi connectivity index (χ2v) is 4.27. The third-order valence-corrected chi connectivity index (χ3v) is 2.85. The molecule has 17 heavy (non-hydrogen) atoms. The molecule has 0 atom stereocenters. The lowest BCUT2D eigenvalue weighted by Crippen LogP contribution is -2.26. The normalized spacial score (nSPS) is 10.6. The summed E-state index contributed by atoms with van der Waals surface area (Å²) in [6.45, 7) is 6.79. The molecule has 3 heteroatoms. The smallest absolute Gasteiger partial charge is 0.221 e. The van der Waals surface area contributed by atoms with Gasteiger partial charge in [-0.3, -0.25) is 4.79 Å². The first-order valence-electron chi connectivity index (χ1n) is 6.25. The highest BCUT2D eigenvalue weighted by Gasteiger charge is 2.02. The van der Waals surface area contributed by atoms with Gasteiger partial charge in [-0.25, -0.2) is 0 Å². The zero-order valence-corrected chi connectivity index (χ0v) is 10.9. The summed E-state index contributed by atoms with van der Waals surface area (Å²) in [6.07, 6.45) is 2.31. The van der Waals surface area contributed by atoms with E-state index in [1.54, 1.807) is 0 Å². The van der Waals surface area contributed by atoms with Gasteiger partial charge in [0.05, 0.1) is 0 Å². The lowest BCUT2D eigenvalue weighted by Gasteiger charge is -2.14. The molecule has 1 rings (SSSR count). The van der Waals surface area contributed by atoms with Gasteiger partial charge in [0.1, 0.15) is 0 Å². The zero-order valence-electron chi connectivity index (χ0n) is 10.9. The van der Waals surface area contributed by atoms with E-state index in [9.17, 15) is 4.79 Å². The van der Waals surface area contributed by atoms with E-state index in [-0.39, 0.29) is 5.91 Å². The molecule has 1 aromatic rings. The predicted octanol–water partition coefficient (Wildman–Crippen LogP) is 2.92. The van der Waals surface area contributed by atoms with Crippen LogP contribution in [0, 0.1) is 0 Å². The van der Waals surface area contributed by atoms with Crippen LogP contribution in [0.3, 0.4) is 0 Å². The summed E-state index contributed by atoms with van der Waals surface area (Å²) in [7, 11) is 0. The van der Waals surface area contributed by atoms with Crippen LogP contribution >= 0.6 is 0 Å². The third-order valence-electron chi connectivity index (χ3n) is 2.85. The first kappa shape index (κ1) is 13.7. The van der Waals surface area contributed by atoms with Crippen molar-refractivity contribution in [2.45, 2.75) is 46.2 Å². The van der Waals surface area contributed by atoms with Gasteiger partial charge in [0.2, 0.25) is 5.91 Å². The minimum atomic E-state index is -0.0343. The lowest BCUT2D eigenvalue weighted by molar-refractivity contribution is -0.114. The molecular formula is C14H22N2O. The second-order valence-electron chi connectivity index (χ2n) is 4.27. The number of nitrogens with one attached hydrogen (secondary N) is 2. The summed E-state index contributed by atoms with van der Waals surface area (Å²) in [5.74, 6) is -0.0343. The number of carbonyl (C=O) groups excluding carboxylic acids is 1. The Morgan fingerprint density at radius 1 is 1.18 bits per heavy atom. The average Bonchev–Trinajstić information content (AvgIpc) is 2.32. The summed E-state index contributed by atoms with van der Waals surface area (Å²) in [4.78, 5) is 10.9. The molecule has 0 aliphatic heterocycles. The first-order chi connectivity index (χ1) is 8.15. The van der Waals surface area contributed by atoms with Crippen molar-refractivity contribution in [1.29, 1.82) is 0 Å². The minimum absolute atomic E-state index is 0.0343. The topological polar surface area (TPSA) is 41.1 Å². The van der Waals surface area contributed by atoms with Gasteiger partial charge >= 0.3 is 0 Å². The van der Waals surface area contributed by atoms with E-state index in [0.717, 1.165) is 25.1 Å². The number of hydrogen-bond donors (Lipinski definition) is 2. The quantitative estimate of drug-likeness (QED) is 0.794. The maximum Gasteiger partial charge on any atom is 0.221 e. The molecule has 0 unspecified atom stereocenters. The molecule has 3 nitrogen and oxygen atoms in total. The molecule has 2 N–H and O–H groups in total. The molecule has 0 aliphatic rings. The van der Waals surface area contributed by atoms with Crippen LogP contribution in [0.2, 0.25) is 0 Å². The number of amides is 1. The van der Waals surface area contributed by atoms with Crippen LogP contribution in [-0.2, 0) is 11.3 Å². The largest absolute Gasteiger partial charge is 0.326 e. The van der Waals surface area contributed by atoms with E-state index in [4.69, 9.17) is 0 Å². The van der Waals surface area contributed by atoms with E-state index in [1.807, 2.05) is 24.3 Å². The number of anilines is 1. The molecule has 1 amide bonds. The predicted molar refractivity (Wildman–Crippen MR) is 72.0 cm³/mol. The van der Waals surface area contributed by atoms with Gasteiger partial charge in [0, 0.05) is 25.2 Å². The van der Waals surface area contributed by atoms with Crippen molar-refractivity contribution in [1.82, 2.24) is 5.32 Å². The summed E-state index contributed by atoms with van der Waals surface area (Å²) in [5.41, 5.74) is 2.09. The van der Waals surface area contributed by atoms with Crippen molar-refractivity contribution >= 4 is 11.6 Å². The summed E-state index contributed by atoms with van der Waals surface area (Å²) >= 11 is 0. The molecular weight excluding hydrogens is 212 g/mol. The second kappa shape index (κ2) is 7.07. The highest BCUT2D eigenvalue weighted by molar-refractivity contribution is 5.88. The monoisotopic (exact) mass is 234 g/mol. The summed E-state index contributed by atoms with van der Waals surface area (Å²) in [6, 6.07) is 8.54. The van der Waals surface area contributed by atoms with Crippen LogP contribution in [0.4, 0.5) is 5.69 Å². The van der Waals surface area contributed by atoms with Gasteiger partial charge < -0.3 is 10.6 Å². The van der Waals surface area contributed by atoms with Crippen LogP contribution in [0.5, 0.6) is 0 Å². The minimum Gasteiger partial charge on any atom is -0.326 e. The standard InChI is InChI=1S/C14H22N2O/c1-4-13(5-2)15-10-12-6-8-14(9-7-12)16-11(3)17/h6-9,13,15H,4-5,10H2,1-3H3,(H,16,17). The van der Waals surface area contributed by atoms with Gasteiger partial charge in [-0.1, -0.05) is 26.0 Å². The molecule has 0 heterocycles. The van der Waals surface area contributed by atoms with E-state index < -0.39 is 0 Å².